The summed E-state index contributed by atoms with van der Waals surface area (Å²) in [5, 5.41) is 11.3. The molecule has 0 saturated heterocycles. The number of rotatable bonds is 11. The molecule has 0 aliphatic heterocycles. The average Bonchev–Trinajstić information content (AvgIpc) is 3.29. The predicted octanol–water partition coefficient (Wildman–Crippen LogP) is 4.09. The maximum atomic E-state index is 12.6. The molecule has 4 aliphatic rings. The molecule has 0 heterocycles. The Bertz CT molecular complexity index is 1200. The third-order valence-corrected chi connectivity index (χ3v) is 13.3. The van der Waals surface area contributed by atoms with Crippen LogP contribution in [0.1, 0.15) is 98.8 Å². The van der Waals surface area contributed by atoms with Crippen LogP contribution in [0.5, 0.6) is 0 Å². The van der Waals surface area contributed by atoms with Gasteiger partial charge >= 0.3 is 11.9 Å². The highest BCUT2D eigenvalue weighted by Gasteiger charge is 2.65. The minimum Gasteiger partial charge on any atom is -0.463 e. The highest BCUT2D eigenvalue weighted by molar-refractivity contribution is 7.89. The van der Waals surface area contributed by atoms with E-state index < -0.39 is 10.0 Å². The lowest BCUT2D eigenvalue weighted by molar-refractivity contribution is -0.197. The average molecular weight is 622 g/mol. The highest BCUT2D eigenvalue weighted by Crippen LogP contribution is 2.69. The Hall–Kier alpha value is -2.19. The van der Waals surface area contributed by atoms with Crippen molar-refractivity contribution in [2.24, 2.45) is 46.3 Å². The first-order chi connectivity index (χ1) is 20.2. The van der Waals surface area contributed by atoms with Crippen LogP contribution in [0, 0.1) is 57.7 Å². The molecule has 10 atom stereocenters. The maximum absolute atomic E-state index is 12.6. The zero-order valence-electron chi connectivity index (χ0n) is 26.5. The number of esters is 2. The first kappa shape index (κ1) is 33.7. The van der Waals surface area contributed by atoms with E-state index in [1.165, 1.54) is 13.8 Å². The SMILES string of the molecule is CC(=O)O[C@@H]1CC[C@@]2(C)[C@H](CC[C@@H]3[C@@H]2C[C@H](OC(C)=O)[C@]2(C)[C@@H]([C@H](C)CCC(=O)NCCS(=O)(=O)NCC#N)CC[C@@H]32)C1. The molecular formula is C32H51N3O7S. The standard InChI is InChI=1S/C32H51N3O7S/c1-20(6-11-30(38)34-16-17-43(39,40)35-15-14-33)26-9-10-27-25-8-7-23-18-24(41-21(2)36)12-13-31(23,4)28(25)19-29(32(26,27)5)42-22(3)37/h20,23-29,35H,6-13,15-19H2,1-5H3,(H,34,38)/t20-,23-,24-,25+,26-,27+,28+,29+,31+,32-/m1/s1. The van der Waals surface area contributed by atoms with E-state index in [9.17, 15) is 22.8 Å². The molecule has 0 aromatic carbocycles. The summed E-state index contributed by atoms with van der Waals surface area (Å²) in [5.41, 5.74) is -0.0277. The number of fused-ring (bicyclic) bond motifs is 5. The van der Waals surface area contributed by atoms with Gasteiger partial charge in [-0.05, 0) is 98.7 Å². The van der Waals surface area contributed by atoms with E-state index in [0.717, 1.165) is 51.4 Å². The molecule has 4 fully saturated rings. The fourth-order valence-corrected chi connectivity index (χ4v) is 10.8. The van der Waals surface area contributed by atoms with Gasteiger partial charge in [-0.15, -0.1) is 0 Å². The molecule has 0 aromatic heterocycles. The number of sulfonamides is 1. The summed E-state index contributed by atoms with van der Waals surface area (Å²) in [6, 6.07) is 1.74. The lowest BCUT2D eigenvalue weighted by Crippen LogP contribution is -2.59. The number of nitriles is 1. The number of hydrogen-bond donors (Lipinski definition) is 2. The number of amides is 1. The summed E-state index contributed by atoms with van der Waals surface area (Å²) in [5.74, 6) is 1.65. The maximum Gasteiger partial charge on any atom is 0.302 e. The Kier molecular flexibility index (Phi) is 10.5. The number of carbonyl (C=O) groups is 3. The second-order valence-electron chi connectivity index (χ2n) is 14.2. The van der Waals surface area contributed by atoms with Gasteiger partial charge in [0.25, 0.3) is 0 Å². The third-order valence-electron chi connectivity index (χ3n) is 12.0. The van der Waals surface area contributed by atoms with Crippen molar-refractivity contribution in [2.45, 2.75) is 111 Å². The molecule has 1 amide bonds. The molecule has 0 radical (unpaired) electrons. The van der Waals surface area contributed by atoms with E-state index in [1.54, 1.807) is 6.07 Å². The largest absolute Gasteiger partial charge is 0.463 e. The van der Waals surface area contributed by atoms with E-state index >= 15 is 0 Å². The van der Waals surface area contributed by atoms with Crippen molar-refractivity contribution >= 4 is 27.9 Å². The minimum atomic E-state index is -3.60. The van der Waals surface area contributed by atoms with Gasteiger partial charge in [0.15, 0.2) is 0 Å². The third kappa shape index (κ3) is 7.22. The summed E-state index contributed by atoms with van der Waals surface area (Å²) >= 11 is 0. The minimum absolute atomic E-state index is 0.00351. The summed E-state index contributed by atoms with van der Waals surface area (Å²) < 4.78 is 37.8. The molecule has 43 heavy (non-hydrogen) atoms. The Morgan fingerprint density at radius 1 is 1.00 bits per heavy atom. The van der Waals surface area contributed by atoms with E-state index in [4.69, 9.17) is 14.7 Å². The van der Waals surface area contributed by atoms with Crippen LogP contribution in [-0.4, -0.2) is 57.3 Å². The van der Waals surface area contributed by atoms with Gasteiger partial charge in [-0.3, -0.25) is 14.4 Å². The Morgan fingerprint density at radius 2 is 1.72 bits per heavy atom. The van der Waals surface area contributed by atoms with Crippen molar-refractivity contribution in [3.8, 4) is 6.07 Å². The summed E-state index contributed by atoms with van der Waals surface area (Å²) in [7, 11) is -3.60. The lowest BCUT2D eigenvalue weighted by atomic mass is 9.43. The normalized spacial score (nSPS) is 37.5. The molecule has 242 valence electrons. The van der Waals surface area contributed by atoms with Gasteiger partial charge < -0.3 is 14.8 Å². The van der Waals surface area contributed by atoms with E-state index in [2.05, 4.69) is 30.8 Å². The second kappa shape index (κ2) is 13.4. The van der Waals surface area contributed by atoms with Crippen LogP contribution < -0.4 is 10.0 Å². The van der Waals surface area contributed by atoms with Crippen molar-refractivity contribution < 1.29 is 32.3 Å². The number of ether oxygens (including phenoxy) is 2. The molecule has 0 aromatic rings. The summed E-state index contributed by atoms with van der Waals surface area (Å²) in [6.07, 6.45) is 8.94. The number of hydrogen-bond acceptors (Lipinski definition) is 8. The van der Waals surface area contributed by atoms with Crippen LogP contribution in [0.15, 0.2) is 0 Å². The van der Waals surface area contributed by atoms with Crippen molar-refractivity contribution in [1.29, 1.82) is 5.26 Å². The molecule has 2 N–H and O–H groups in total. The van der Waals surface area contributed by atoms with Crippen LogP contribution >= 0.6 is 0 Å². The van der Waals surface area contributed by atoms with Gasteiger partial charge in [-0.1, -0.05) is 20.8 Å². The van der Waals surface area contributed by atoms with Crippen molar-refractivity contribution in [3.05, 3.63) is 0 Å². The van der Waals surface area contributed by atoms with Gasteiger partial charge in [-0.2, -0.15) is 5.26 Å². The van der Waals surface area contributed by atoms with Gasteiger partial charge in [0.05, 0.1) is 18.4 Å². The molecule has 0 bridgehead atoms. The van der Waals surface area contributed by atoms with Gasteiger partial charge in [0.2, 0.25) is 15.9 Å². The van der Waals surface area contributed by atoms with Crippen LogP contribution in [0.4, 0.5) is 0 Å². The van der Waals surface area contributed by atoms with E-state index in [0.29, 0.717) is 42.4 Å². The zero-order chi connectivity index (χ0) is 31.6. The lowest BCUT2D eigenvalue weighted by Gasteiger charge is -2.62. The molecule has 0 spiro atoms. The quantitative estimate of drug-likeness (QED) is 0.259. The molecule has 4 saturated carbocycles. The Morgan fingerprint density at radius 3 is 2.40 bits per heavy atom. The first-order valence-corrected chi connectivity index (χ1v) is 17.8. The molecule has 11 heteroatoms. The van der Waals surface area contributed by atoms with Crippen molar-refractivity contribution in [2.75, 3.05) is 18.8 Å². The molecule has 10 nitrogen and oxygen atoms in total. The molecule has 4 rings (SSSR count). The Balaban J connectivity index is 1.42. The number of nitrogens with zero attached hydrogens (tertiary/aromatic N) is 1. The van der Waals surface area contributed by atoms with Crippen molar-refractivity contribution in [3.63, 3.8) is 0 Å². The fourth-order valence-electron chi connectivity index (χ4n) is 10.0. The molecular weight excluding hydrogens is 570 g/mol. The summed E-state index contributed by atoms with van der Waals surface area (Å²) in [6.45, 7) is 9.68. The number of carbonyl (C=O) groups excluding carboxylic acids is 3. The summed E-state index contributed by atoms with van der Waals surface area (Å²) in [4.78, 5) is 36.7. The molecule has 0 unspecified atom stereocenters. The van der Waals surface area contributed by atoms with E-state index in [1.807, 2.05) is 0 Å². The smallest absolute Gasteiger partial charge is 0.302 e. The van der Waals surface area contributed by atoms with E-state index in [-0.39, 0.29) is 65.6 Å². The van der Waals surface area contributed by atoms with Crippen LogP contribution in [0.25, 0.3) is 0 Å². The highest BCUT2D eigenvalue weighted by atomic mass is 32.2. The predicted molar refractivity (Wildman–Crippen MR) is 161 cm³/mol. The molecule has 4 aliphatic carbocycles. The first-order valence-electron chi connectivity index (χ1n) is 16.2. The zero-order valence-corrected chi connectivity index (χ0v) is 27.3. The van der Waals surface area contributed by atoms with Gasteiger partial charge in [0, 0.05) is 32.2 Å². The van der Waals surface area contributed by atoms with Crippen LogP contribution in [0.2, 0.25) is 0 Å². The number of nitrogens with one attached hydrogen (secondary N) is 2. The van der Waals surface area contributed by atoms with Crippen LogP contribution in [0.3, 0.4) is 0 Å². The second-order valence-corrected chi connectivity index (χ2v) is 16.1. The fraction of sp³-hybridized carbons (Fsp3) is 0.875. The van der Waals surface area contributed by atoms with Crippen LogP contribution in [-0.2, 0) is 33.9 Å². The topological polar surface area (TPSA) is 152 Å². The van der Waals surface area contributed by atoms with Gasteiger partial charge in [-0.25, -0.2) is 13.1 Å². The van der Waals surface area contributed by atoms with Gasteiger partial charge in [0.1, 0.15) is 12.2 Å². The Labute approximate surface area is 257 Å². The van der Waals surface area contributed by atoms with Crippen molar-refractivity contribution in [1.82, 2.24) is 10.0 Å². The monoisotopic (exact) mass is 621 g/mol.